The van der Waals surface area contributed by atoms with Gasteiger partial charge in [0, 0.05) is 18.8 Å². The highest BCUT2D eigenvalue weighted by atomic mass is 16.4. The lowest BCUT2D eigenvalue weighted by Crippen LogP contribution is -2.21. The van der Waals surface area contributed by atoms with Crippen LogP contribution in [0.1, 0.15) is 64.7 Å². The molecule has 1 rings (SSSR count). The summed E-state index contributed by atoms with van der Waals surface area (Å²) in [6.07, 6.45) is 12.2. The average Bonchev–Trinajstić information content (AvgIpc) is 2.82. The minimum absolute atomic E-state index is 0.0663. The van der Waals surface area contributed by atoms with Crippen LogP contribution in [-0.4, -0.2) is 44.7 Å². The molecule has 0 aromatic rings. The summed E-state index contributed by atoms with van der Waals surface area (Å²) in [4.78, 5) is 10.4. The fourth-order valence-electron chi connectivity index (χ4n) is 3.47. The molecule has 25 heavy (non-hydrogen) atoms. The summed E-state index contributed by atoms with van der Waals surface area (Å²) in [5, 5.41) is 38.9. The molecule has 0 aromatic carbocycles. The number of aliphatic hydroxyl groups excluding tert-OH is 3. The van der Waals surface area contributed by atoms with Gasteiger partial charge in [-0.15, -0.1) is 0 Å². The number of hydrogen-bond donors (Lipinski definition) is 4. The molecule has 0 spiro atoms. The molecule has 4 N–H and O–H groups in total. The van der Waals surface area contributed by atoms with Crippen LogP contribution >= 0.6 is 0 Å². The van der Waals surface area contributed by atoms with Crippen LogP contribution in [0.4, 0.5) is 0 Å². The van der Waals surface area contributed by atoms with E-state index in [0.29, 0.717) is 25.7 Å². The van der Waals surface area contributed by atoms with E-state index in [1.807, 2.05) is 18.2 Å². The van der Waals surface area contributed by atoms with E-state index in [1.165, 1.54) is 0 Å². The van der Waals surface area contributed by atoms with Gasteiger partial charge in [-0.2, -0.15) is 0 Å². The van der Waals surface area contributed by atoms with Crippen molar-refractivity contribution in [3.63, 3.8) is 0 Å². The number of carbonyl (C=O) groups is 1. The van der Waals surface area contributed by atoms with Gasteiger partial charge in [0.05, 0.1) is 18.3 Å². The second kappa shape index (κ2) is 12.2. The topological polar surface area (TPSA) is 98.0 Å². The zero-order valence-electron chi connectivity index (χ0n) is 15.3. The quantitative estimate of drug-likeness (QED) is 0.319. The Labute approximate surface area is 151 Å². The highest BCUT2D eigenvalue weighted by molar-refractivity contribution is 5.66. The summed E-state index contributed by atoms with van der Waals surface area (Å²) in [6.45, 7) is 2.14. The monoisotopic (exact) mass is 354 g/mol. The van der Waals surface area contributed by atoms with Crippen LogP contribution in [0.5, 0.6) is 0 Å². The highest BCUT2D eigenvalue weighted by Gasteiger charge is 2.39. The molecule has 0 saturated heterocycles. The van der Waals surface area contributed by atoms with Crippen LogP contribution in [0.3, 0.4) is 0 Å². The summed E-state index contributed by atoms with van der Waals surface area (Å²) in [5.41, 5.74) is 0. The Balaban J connectivity index is 2.39. The van der Waals surface area contributed by atoms with Gasteiger partial charge in [-0.05, 0) is 31.6 Å². The fourth-order valence-corrected chi connectivity index (χ4v) is 3.47. The SMILES string of the molecule is CCCCC[C@H]1[C@H](/C=C/[C@H](O)C/C=C\CCCC(=O)O)[C@H](O)C[C@@H]1O. The zero-order valence-corrected chi connectivity index (χ0v) is 15.3. The number of rotatable bonds is 12. The molecular weight excluding hydrogens is 320 g/mol. The predicted molar refractivity (Wildman–Crippen MR) is 98.1 cm³/mol. The van der Waals surface area contributed by atoms with Crippen molar-refractivity contribution >= 4 is 5.97 Å². The van der Waals surface area contributed by atoms with Gasteiger partial charge >= 0.3 is 5.97 Å². The largest absolute Gasteiger partial charge is 0.481 e. The van der Waals surface area contributed by atoms with Crippen LogP contribution in [-0.2, 0) is 4.79 Å². The van der Waals surface area contributed by atoms with Crippen LogP contribution in [0.2, 0.25) is 0 Å². The van der Waals surface area contributed by atoms with Crippen molar-refractivity contribution in [1.82, 2.24) is 0 Å². The van der Waals surface area contributed by atoms with Crippen molar-refractivity contribution in [2.24, 2.45) is 11.8 Å². The van der Waals surface area contributed by atoms with Gasteiger partial charge in [0.15, 0.2) is 0 Å². The van der Waals surface area contributed by atoms with Crippen molar-refractivity contribution in [3.8, 4) is 0 Å². The minimum Gasteiger partial charge on any atom is -0.481 e. The van der Waals surface area contributed by atoms with E-state index < -0.39 is 24.3 Å². The molecular formula is C20H34O5. The Morgan fingerprint density at radius 3 is 2.60 bits per heavy atom. The second-order valence-corrected chi connectivity index (χ2v) is 7.05. The Morgan fingerprint density at radius 2 is 1.92 bits per heavy atom. The van der Waals surface area contributed by atoms with Gasteiger partial charge in [-0.1, -0.05) is 50.5 Å². The summed E-state index contributed by atoms with van der Waals surface area (Å²) >= 11 is 0. The first kappa shape index (κ1) is 21.9. The number of aliphatic hydroxyl groups is 3. The number of aliphatic carboxylic acids is 1. The maximum Gasteiger partial charge on any atom is 0.303 e. The van der Waals surface area contributed by atoms with Crippen LogP contribution in [0.25, 0.3) is 0 Å². The van der Waals surface area contributed by atoms with Crippen LogP contribution in [0, 0.1) is 11.8 Å². The van der Waals surface area contributed by atoms with E-state index in [4.69, 9.17) is 5.11 Å². The lowest BCUT2D eigenvalue weighted by molar-refractivity contribution is -0.137. The lowest BCUT2D eigenvalue weighted by Gasteiger charge is -2.21. The third kappa shape index (κ3) is 8.66. The van der Waals surface area contributed by atoms with Crippen molar-refractivity contribution < 1.29 is 25.2 Å². The molecule has 5 nitrogen and oxygen atoms in total. The maximum absolute atomic E-state index is 10.4. The molecule has 5 heteroatoms. The standard InChI is InChI=1S/C20H34O5/c1-2-3-6-10-16-17(19(23)14-18(16)22)13-12-15(21)9-7-4-5-8-11-20(24)25/h4,7,12-13,15-19,21-23H,2-3,5-6,8-11,14H2,1H3,(H,24,25)/b7-4-,13-12+/t15-,16+,17+,18+,19-/m1/s1. The summed E-state index contributed by atoms with van der Waals surface area (Å²) in [7, 11) is 0. The van der Waals surface area contributed by atoms with E-state index in [9.17, 15) is 20.1 Å². The molecule has 1 saturated carbocycles. The maximum atomic E-state index is 10.4. The predicted octanol–water partition coefficient (Wildman–Crippen LogP) is 3.04. The summed E-state index contributed by atoms with van der Waals surface area (Å²) in [6, 6.07) is 0. The minimum atomic E-state index is -0.790. The van der Waals surface area contributed by atoms with Crippen molar-refractivity contribution in [3.05, 3.63) is 24.3 Å². The highest BCUT2D eigenvalue weighted by Crippen LogP contribution is 2.37. The third-order valence-corrected chi connectivity index (χ3v) is 4.92. The Kier molecular flexibility index (Phi) is 10.7. The van der Waals surface area contributed by atoms with Gasteiger partial charge in [0.2, 0.25) is 0 Å². The first-order valence-corrected chi connectivity index (χ1v) is 9.55. The summed E-state index contributed by atoms with van der Waals surface area (Å²) < 4.78 is 0. The van der Waals surface area contributed by atoms with E-state index in [-0.39, 0.29) is 18.3 Å². The van der Waals surface area contributed by atoms with Gasteiger partial charge in [0.25, 0.3) is 0 Å². The number of unbranched alkanes of at least 4 members (excludes halogenated alkanes) is 3. The number of carboxylic acids is 1. The van der Waals surface area contributed by atoms with E-state index in [0.717, 1.165) is 25.7 Å². The normalized spacial score (nSPS) is 28.2. The van der Waals surface area contributed by atoms with Gasteiger partial charge in [-0.25, -0.2) is 0 Å². The summed E-state index contributed by atoms with van der Waals surface area (Å²) in [5.74, 6) is -0.820. The number of allylic oxidation sites excluding steroid dienone is 1. The fraction of sp³-hybridized carbons (Fsp3) is 0.750. The molecule has 1 aliphatic rings. The van der Waals surface area contributed by atoms with Gasteiger partial charge in [0.1, 0.15) is 0 Å². The molecule has 0 unspecified atom stereocenters. The van der Waals surface area contributed by atoms with Crippen LogP contribution in [0.15, 0.2) is 24.3 Å². The average molecular weight is 354 g/mol. The second-order valence-electron chi connectivity index (χ2n) is 7.05. The van der Waals surface area contributed by atoms with E-state index >= 15 is 0 Å². The third-order valence-electron chi connectivity index (χ3n) is 4.92. The first-order valence-electron chi connectivity index (χ1n) is 9.55. The first-order chi connectivity index (χ1) is 12.0. The Hall–Kier alpha value is -1.17. The molecule has 5 atom stereocenters. The van der Waals surface area contributed by atoms with E-state index in [1.54, 1.807) is 6.08 Å². The Morgan fingerprint density at radius 1 is 1.16 bits per heavy atom. The van der Waals surface area contributed by atoms with Crippen molar-refractivity contribution in [1.29, 1.82) is 0 Å². The number of carboxylic acid groups (broad SMARTS) is 1. The number of hydrogen-bond acceptors (Lipinski definition) is 4. The molecule has 144 valence electrons. The zero-order chi connectivity index (χ0) is 18.7. The Bertz CT molecular complexity index is 432. The molecule has 0 heterocycles. The molecule has 0 radical (unpaired) electrons. The van der Waals surface area contributed by atoms with Crippen LogP contribution < -0.4 is 0 Å². The molecule has 0 bridgehead atoms. The van der Waals surface area contributed by atoms with E-state index in [2.05, 4.69) is 6.92 Å². The van der Waals surface area contributed by atoms with Gasteiger partial charge < -0.3 is 20.4 Å². The smallest absolute Gasteiger partial charge is 0.303 e. The molecule has 0 aliphatic heterocycles. The lowest BCUT2D eigenvalue weighted by atomic mass is 9.88. The molecule has 1 fully saturated rings. The molecule has 0 aromatic heterocycles. The van der Waals surface area contributed by atoms with Crippen molar-refractivity contribution in [2.45, 2.75) is 83.0 Å². The molecule has 1 aliphatic carbocycles. The molecule has 0 amide bonds. The van der Waals surface area contributed by atoms with Crippen molar-refractivity contribution in [2.75, 3.05) is 0 Å². The van der Waals surface area contributed by atoms with Gasteiger partial charge in [-0.3, -0.25) is 4.79 Å².